The lowest BCUT2D eigenvalue weighted by Gasteiger charge is -2.31. The van der Waals surface area contributed by atoms with Crippen LogP contribution in [0.15, 0.2) is 24.3 Å². The van der Waals surface area contributed by atoms with E-state index in [0.29, 0.717) is 12.1 Å². The zero-order chi connectivity index (χ0) is 23.3. The average Bonchev–Trinajstić information content (AvgIpc) is 2.63. The van der Waals surface area contributed by atoms with E-state index in [9.17, 15) is 22.8 Å². The van der Waals surface area contributed by atoms with Gasteiger partial charge in [-0.2, -0.15) is 13.2 Å². The smallest absolute Gasteiger partial charge is 0.416 e. The molecular formula is C16H18F3NO3. The van der Waals surface area contributed by atoms with E-state index in [-0.39, 0.29) is 11.5 Å². The number of amides is 1. The normalized spacial score (nSPS) is 32.9. The van der Waals surface area contributed by atoms with Crippen LogP contribution in [0.3, 0.4) is 0 Å². The third-order valence-corrected chi connectivity index (χ3v) is 2.91. The molecule has 1 heterocycles. The SMILES string of the molecule is [2H]C1([2H])CN(C(=O)c2ccc(C(F)(F)F)cc2)C([2H])([2H])C([2H])([2H])C1([2H])C(=O)OCC. The number of ether oxygens (including phenoxy) is 1. The van der Waals surface area contributed by atoms with E-state index in [0.717, 1.165) is 12.1 Å². The van der Waals surface area contributed by atoms with Gasteiger partial charge in [0.25, 0.3) is 5.91 Å². The molecule has 0 radical (unpaired) electrons. The van der Waals surface area contributed by atoms with Crippen molar-refractivity contribution in [3.8, 4) is 0 Å². The number of rotatable bonds is 3. The van der Waals surface area contributed by atoms with Gasteiger partial charge in [0.2, 0.25) is 0 Å². The largest absolute Gasteiger partial charge is 0.466 e. The molecule has 1 aromatic carbocycles. The number of esters is 1. The van der Waals surface area contributed by atoms with Gasteiger partial charge in [-0.1, -0.05) is 0 Å². The van der Waals surface area contributed by atoms with Crippen molar-refractivity contribution < 1.29 is 37.1 Å². The van der Waals surface area contributed by atoms with E-state index in [1.165, 1.54) is 6.92 Å². The lowest BCUT2D eigenvalue weighted by molar-refractivity contribution is -0.149. The molecule has 0 spiro atoms. The van der Waals surface area contributed by atoms with Crippen molar-refractivity contribution in [1.82, 2.24) is 4.90 Å². The minimum absolute atomic E-state index is 0.140. The molecule has 7 heteroatoms. The number of nitrogens with zero attached hydrogens (tertiary/aromatic N) is 1. The van der Waals surface area contributed by atoms with Crippen molar-refractivity contribution in [2.24, 2.45) is 5.89 Å². The standard InChI is InChI=1S/C16H18F3NO3/c1-2-23-15(22)12-7-9-20(10-8-12)14(21)11-3-5-13(6-4-11)16(17,18)19/h3-6,12H,2,7-10H2,1H3/i7D2,8D2,9D2,12D. The monoisotopic (exact) mass is 336 g/mol. The Kier molecular flexibility index (Phi) is 3.04. The van der Waals surface area contributed by atoms with Crippen LogP contribution in [0.4, 0.5) is 13.2 Å². The average molecular weight is 336 g/mol. The van der Waals surface area contributed by atoms with Crippen molar-refractivity contribution in [2.75, 3.05) is 19.6 Å². The summed E-state index contributed by atoms with van der Waals surface area (Å²) in [5.41, 5.74) is -1.52. The van der Waals surface area contributed by atoms with Crippen LogP contribution < -0.4 is 0 Å². The summed E-state index contributed by atoms with van der Waals surface area (Å²) in [6.45, 7) is -3.55. The number of likely N-dealkylation sites (tertiary alicyclic amines) is 1. The molecule has 1 saturated heterocycles. The van der Waals surface area contributed by atoms with Gasteiger partial charge in [0.15, 0.2) is 0 Å². The van der Waals surface area contributed by atoms with Crippen molar-refractivity contribution in [3.05, 3.63) is 35.4 Å². The van der Waals surface area contributed by atoms with Gasteiger partial charge < -0.3 is 9.64 Å². The summed E-state index contributed by atoms with van der Waals surface area (Å²) in [6, 6.07) is 2.65. The van der Waals surface area contributed by atoms with Gasteiger partial charge >= 0.3 is 12.1 Å². The molecule has 1 unspecified atom stereocenters. The second-order valence-corrected chi connectivity index (χ2v) is 4.48. The molecule has 1 fully saturated rings. The Morgan fingerprint density at radius 1 is 1.35 bits per heavy atom. The minimum atomic E-state index is -4.68. The van der Waals surface area contributed by atoms with Crippen molar-refractivity contribution >= 4 is 11.9 Å². The molecule has 0 aromatic heterocycles. The quantitative estimate of drug-likeness (QED) is 0.797. The van der Waals surface area contributed by atoms with Crippen molar-refractivity contribution in [3.63, 3.8) is 0 Å². The van der Waals surface area contributed by atoms with Gasteiger partial charge in [0.05, 0.1) is 18.1 Å². The van der Waals surface area contributed by atoms with Gasteiger partial charge in [-0.25, -0.2) is 0 Å². The molecule has 1 aromatic rings. The molecular weight excluding hydrogens is 311 g/mol. The Labute approximate surface area is 142 Å². The number of carbonyl (C=O) groups excluding carboxylic acids is 2. The highest BCUT2D eigenvalue weighted by molar-refractivity contribution is 5.94. The van der Waals surface area contributed by atoms with Gasteiger partial charge in [0.1, 0.15) is 0 Å². The summed E-state index contributed by atoms with van der Waals surface area (Å²) in [4.78, 5) is 25.1. The lowest BCUT2D eigenvalue weighted by Crippen LogP contribution is -2.40. The first kappa shape index (κ1) is 9.95. The van der Waals surface area contributed by atoms with Gasteiger partial charge in [-0.3, -0.25) is 9.59 Å². The molecule has 4 nitrogen and oxygen atoms in total. The third-order valence-electron chi connectivity index (χ3n) is 2.91. The van der Waals surface area contributed by atoms with E-state index in [2.05, 4.69) is 4.74 Å². The molecule has 0 bridgehead atoms. The summed E-state index contributed by atoms with van der Waals surface area (Å²) >= 11 is 0. The highest BCUT2D eigenvalue weighted by Crippen LogP contribution is 2.29. The van der Waals surface area contributed by atoms with Crippen molar-refractivity contribution in [1.29, 1.82) is 0 Å². The zero-order valence-electron chi connectivity index (χ0n) is 19.0. The van der Waals surface area contributed by atoms with Gasteiger partial charge in [-0.15, -0.1) is 0 Å². The lowest BCUT2D eigenvalue weighted by atomic mass is 9.96. The Morgan fingerprint density at radius 2 is 2.00 bits per heavy atom. The molecule has 126 valence electrons. The molecule has 0 N–H and O–H groups in total. The second kappa shape index (κ2) is 7.02. The molecule has 1 aliphatic rings. The first-order valence-corrected chi connectivity index (χ1v) is 6.61. The second-order valence-electron chi connectivity index (χ2n) is 4.48. The minimum Gasteiger partial charge on any atom is -0.466 e. The number of alkyl halides is 3. The Balaban J connectivity index is 2.52. The van der Waals surface area contributed by atoms with Crippen molar-refractivity contribution in [2.45, 2.75) is 25.8 Å². The molecule has 0 saturated carbocycles. The first-order valence-electron chi connectivity index (χ1n) is 10.1. The molecule has 1 aliphatic heterocycles. The van der Waals surface area contributed by atoms with Crippen LogP contribution in [0.5, 0.6) is 0 Å². The van der Waals surface area contributed by atoms with Crippen LogP contribution in [-0.4, -0.2) is 36.4 Å². The fraction of sp³-hybridized carbons (Fsp3) is 0.500. The van der Waals surface area contributed by atoms with Crippen LogP contribution in [0.2, 0.25) is 0 Å². The van der Waals surface area contributed by atoms with E-state index in [4.69, 9.17) is 9.60 Å². The van der Waals surface area contributed by atoms with Crippen LogP contribution in [0.25, 0.3) is 0 Å². The highest BCUT2D eigenvalue weighted by atomic mass is 19.4. The zero-order valence-corrected chi connectivity index (χ0v) is 12.0. The Hall–Kier alpha value is -2.05. The van der Waals surface area contributed by atoms with Gasteiger partial charge in [0, 0.05) is 28.2 Å². The van der Waals surface area contributed by atoms with E-state index >= 15 is 0 Å². The summed E-state index contributed by atoms with van der Waals surface area (Å²) < 4.78 is 99.3. The number of hydrogen-bond donors (Lipinski definition) is 0. The number of hydrogen-bond acceptors (Lipinski definition) is 3. The number of carbonyl (C=O) groups is 2. The Morgan fingerprint density at radius 3 is 2.57 bits per heavy atom. The van der Waals surface area contributed by atoms with Crippen LogP contribution in [0, 0.1) is 5.89 Å². The number of benzene rings is 1. The molecule has 2 rings (SSSR count). The summed E-state index contributed by atoms with van der Waals surface area (Å²) in [5, 5.41) is 0. The molecule has 0 aliphatic carbocycles. The molecule has 1 atom stereocenters. The van der Waals surface area contributed by atoms with E-state index in [1.54, 1.807) is 0 Å². The number of halogens is 3. The molecule has 1 amide bonds. The third kappa shape index (κ3) is 4.24. The van der Waals surface area contributed by atoms with E-state index < -0.39 is 60.9 Å². The summed E-state index contributed by atoms with van der Waals surface area (Å²) in [5.74, 6) is -6.28. The maximum Gasteiger partial charge on any atom is 0.416 e. The summed E-state index contributed by atoms with van der Waals surface area (Å²) in [6.07, 6.45) is -11.3. The van der Waals surface area contributed by atoms with Crippen LogP contribution in [0.1, 0.15) is 45.2 Å². The number of piperidine rings is 1. The fourth-order valence-corrected chi connectivity index (χ4v) is 1.77. The molecule has 23 heavy (non-hydrogen) atoms. The first-order chi connectivity index (χ1) is 13.4. The van der Waals surface area contributed by atoms with Crippen LogP contribution >= 0.6 is 0 Å². The van der Waals surface area contributed by atoms with E-state index in [1.807, 2.05) is 0 Å². The fourth-order valence-electron chi connectivity index (χ4n) is 1.77. The van der Waals surface area contributed by atoms with Crippen LogP contribution in [-0.2, 0) is 15.7 Å². The maximum absolute atomic E-state index is 12.8. The van der Waals surface area contributed by atoms with Gasteiger partial charge in [-0.05, 0) is 43.9 Å². The predicted octanol–water partition coefficient (Wildman–Crippen LogP) is 3.12. The predicted molar refractivity (Wildman–Crippen MR) is 76.7 cm³/mol. The topological polar surface area (TPSA) is 46.6 Å². The summed E-state index contributed by atoms with van der Waals surface area (Å²) in [7, 11) is 0. The highest BCUT2D eigenvalue weighted by Gasteiger charge is 2.31. The Bertz CT molecular complexity index is 845. The maximum atomic E-state index is 12.8.